The molecule has 1 aliphatic rings. The molecule has 0 heterocycles. The van der Waals surface area contributed by atoms with E-state index < -0.39 is 0 Å². The molecule has 0 radical (unpaired) electrons. The van der Waals surface area contributed by atoms with Crippen LogP contribution in [0, 0.1) is 5.82 Å². The van der Waals surface area contributed by atoms with Crippen molar-refractivity contribution in [2.75, 3.05) is 5.75 Å². The second-order valence-corrected chi connectivity index (χ2v) is 7.63. The maximum Gasteiger partial charge on any atom is 0.128 e. The molecule has 1 nitrogen and oxygen atoms in total. The zero-order valence-electron chi connectivity index (χ0n) is 11.5. The molecule has 0 spiro atoms. The van der Waals surface area contributed by atoms with E-state index in [2.05, 4.69) is 28.2 Å². The Morgan fingerprint density at radius 1 is 1.47 bits per heavy atom. The van der Waals surface area contributed by atoms with E-state index >= 15 is 0 Å². The zero-order valence-corrected chi connectivity index (χ0v) is 13.9. The molecular weight excluding hydrogens is 325 g/mol. The lowest BCUT2D eigenvalue weighted by molar-refractivity contribution is 0.447. The molecule has 106 valence electrons. The van der Waals surface area contributed by atoms with E-state index in [9.17, 15) is 4.39 Å². The highest BCUT2D eigenvalue weighted by Crippen LogP contribution is 2.31. The van der Waals surface area contributed by atoms with E-state index in [-0.39, 0.29) is 11.9 Å². The van der Waals surface area contributed by atoms with Crippen LogP contribution in [0.15, 0.2) is 22.7 Å². The molecule has 0 aliphatic heterocycles. The molecule has 0 bridgehead atoms. The minimum atomic E-state index is -0.124. The third-order valence-corrected chi connectivity index (χ3v) is 5.42. The fourth-order valence-corrected chi connectivity index (χ4v) is 4.29. The Labute approximate surface area is 127 Å². The van der Waals surface area contributed by atoms with Crippen molar-refractivity contribution >= 4 is 27.7 Å². The van der Waals surface area contributed by atoms with Gasteiger partial charge in [-0.1, -0.05) is 22.9 Å². The van der Waals surface area contributed by atoms with Gasteiger partial charge in [-0.25, -0.2) is 4.39 Å². The molecule has 0 amide bonds. The van der Waals surface area contributed by atoms with Crippen LogP contribution in [-0.4, -0.2) is 17.0 Å². The third-order valence-electron chi connectivity index (χ3n) is 3.70. The van der Waals surface area contributed by atoms with Crippen molar-refractivity contribution in [3.63, 3.8) is 0 Å². The van der Waals surface area contributed by atoms with Crippen molar-refractivity contribution < 1.29 is 4.39 Å². The summed E-state index contributed by atoms with van der Waals surface area (Å²) in [5.41, 5.74) is 0.751. The summed E-state index contributed by atoms with van der Waals surface area (Å²) < 4.78 is 14.8. The van der Waals surface area contributed by atoms with Crippen LogP contribution >= 0.6 is 27.7 Å². The third kappa shape index (κ3) is 4.20. The summed E-state index contributed by atoms with van der Waals surface area (Å²) in [7, 11) is 0. The van der Waals surface area contributed by atoms with Gasteiger partial charge < -0.3 is 5.32 Å². The van der Waals surface area contributed by atoms with Gasteiger partial charge in [0, 0.05) is 27.4 Å². The molecule has 19 heavy (non-hydrogen) atoms. The quantitative estimate of drug-likeness (QED) is 0.813. The molecule has 3 unspecified atom stereocenters. The largest absolute Gasteiger partial charge is 0.307 e. The van der Waals surface area contributed by atoms with Gasteiger partial charge >= 0.3 is 0 Å². The summed E-state index contributed by atoms with van der Waals surface area (Å²) in [4.78, 5) is 0. The topological polar surface area (TPSA) is 12.0 Å². The lowest BCUT2D eigenvalue weighted by Crippen LogP contribution is -2.30. The molecular formula is C15H21BrFNS. The van der Waals surface area contributed by atoms with Gasteiger partial charge in [0.2, 0.25) is 0 Å². The van der Waals surface area contributed by atoms with E-state index in [1.807, 2.05) is 24.8 Å². The van der Waals surface area contributed by atoms with Crippen molar-refractivity contribution in [3.8, 4) is 0 Å². The fraction of sp³-hybridized carbons (Fsp3) is 0.600. The van der Waals surface area contributed by atoms with E-state index in [1.54, 1.807) is 6.07 Å². The first-order chi connectivity index (χ1) is 9.10. The normalized spacial score (nSPS) is 24.6. The molecule has 1 N–H and O–H groups in total. The van der Waals surface area contributed by atoms with Crippen LogP contribution in [0.5, 0.6) is 0 Å². The van der Waals surface area contributed by atoms with Crippen LogP contribution in [-0.2, 0) is 0 Å². The second kappa shape index (κ2) is 7.09. The monoisotopic (exact) mass is 345 g/mol. The molecule has 1 aromatic rings. The summed E-state index contributed by atoms with van der Waals surface area (Å²) in [6.45, 7) is 4.26. The molecule has 1 fully saturated rings. The molecule has 2 rings (SSSR count). The van der Waals surface area contributed by atoms with Gasteiger partial charge in [0.1, 0.15) is 5.82 Å². The van der Waals surface area contributed by atoms with Gasteiger partial charge in [-0.05, 0) is 50.1 Å². The smallest absolute Gasteiger partial charge is 0.128 e. The number of hydrogen-bond donors (Lipinski definition) is 1. The number of thioether (sulfide) groups is 1. The van der Waals surface area contributed by atoms with Gasteiger partial charge in [0.25, 0.3) is 0 Å². The number of halogens is 2. The lowest BCUT2D eigenvalue weighted by Gasteiger charge is -2.20. The van der Waals surface area contributed by atoms with E-state index in [0.717, 1.165) is 15.3 Å². The van der Waals surface area contributed by atoms with Crippen LogP contribution < -0.4 is 5.32 Å². The van der Waals surface area contributed by atoms with Crippen molar-refractivity contribution in [1.29, 1.82) is 0 Å². The highest BCUT2D eigenvalue weighted by molar-refractivity contribution is 9.10. The van der Waals surface area contributed by atoms with E-state index in [0.29, 0.717) is 6.04 Å². The number of hydrogen-bond acceptors (Lipinski definition) is 2. The minimum Gasteiger partial charge on any atom is -0.307 e. The Morgan fingerprint density at radius 3 is 3.00 bits per heavy atom. The first kappa shape index (κ1) is 15.3. The van der Waals surface area contributed by atoms with Crippen LogP contribution in [0.3, 0.4) is 0 Å². The Bertz CT molecular complexity index is 427. The predicted molar refractivity (Wildman–Crippen MR) is 85.2 cm³/mol. The number of rotatable bonds is 5. The van der Waals surface area contributed by atoms with Crippen LogP contribution in [0.1, 0.15) is 44.7 Å². The Balaban J connectivity index is 1.94. The average molecular weight is 346 g/mol. The summed E-state index contributed by atoms with van der Waals surface area (Å²) in [5, 5.41) is 4.36. The second-order valence-electron chi connectivity index (χ2n) is 5.14. The molecule has 0 saturated heterocycles. The Kier molecular flexibility index (Phi) is 5.72. The maximum atomic E-state index is 13.8. The van der Waals surface area contributed by atoms with Crippen LogP contribution in [0.4, 0.5) is 4.39 Å². The summed E-state index contributed by atoms with van der Waals surface area (Å²) in [6.07, 6.45) is 3.69. The maximum absolute atomic E-state index is 13.8. The Morgan fingerprint density at radius 2 is 2.26 bits per heavy atom. The van der Waals surface area contributed by atoms with Crippen molar-refractivity contribution in [2.45, 2.75) is 50.4 Å². The van der Waals surface area contributed by atoms with Crippen molar-refractivity contribution in [1.82, 2.24) is 5.32 Å². The fourth-order valence-electron chi connectivity index (χ4n) is 2.77. The molecule has 1 saturated carbocycles. The molecule has 1 aliphatic carbocycles. The van der Waals surface area contributed by atoms with Crippen LogP contribution in [0.25, 0.3) is 0 Å². The number of benzene rings is 1. The van der Waals surface area contributed by atoms with Crippen LogP contribution in [0.2, 0.25) is 0 Å². The zero-order chi connectivity index (χ0) is 13.8. The molecule has 0 aromatic heterocycles. The lowest BCUT2D eigenvalue weighted by atomic mass is 10.1. The van der Waals surface area contributed by atoms with Gasteiger partial charge in [-0.2, -0.15) is 11.8 Å². The minimum absolute atomic E-state index is 0.0628. The van der Waals surface area contributed by atoms with Crippen molar-refractivity contribution in [3.05, 3.63) is 34.1 Å². The highest BCUT2D eigenvalue weighted by atomic mass is 79.9. The Hall–Kier alpha value is -0.0600. The van der Waals surface area contributed by atoms with Gasteiger partial charge in [0.15, 0.2) is 0 Å². The van der Waals surface area contributed by atoms with Crippen molar-refractivity contribution in [2.24, 2.45) is 0 Å². The average Bonchev–Trinajstić information content (AvgIpc) is 2.80. The van der Waals surface area contributed by atoms with Gasteiger partial charge in [-0.15, -0.1) is 0 Å². The highest BCUT2D eigenvalue weighted by Gasteiger charge is 2.26. The predicted octanol–water partition coefficient (Wildman–Crippen LogP) is 4.91. The molecule has 3 atom stereocenters. The van der Waals surface area contributed by atoms with E-state index in [4.69, 9.17) is 0 Å². The SMILES string of the molecule is CCSC1CCC(NC(C)c2cc(Br)ccc2F)C1. The standard InChI is InChI=1S/C15H21BrFNS/c1-3-19-13-6-5-12(9-13)18-10(2)14-8-11(16)4-7-15(14)17/h4,7-8,10,12-13,18H,3,5-6,9H2,1-2H3. The van der Waals surface area contributed by atoms with Gasteiger partial charge in [0.05, 0.1) is 0 Å². The summed E-state index contributed by atoms with van der Waals surface area (Å²) in [5.74, 6) is 1.06. The first-order valence-electron chi connectivity index (χ1n) is 6.92. The van der Waals surface area contributed by atoms with Gasteiger partial charge in [-0.3, -0.25) is 0 Å². The summed E-state index contributed by atoms with van der Waals surface area (Å²) >= 11 is 5.46. The first-order valence-corrected chi connectivity index (χ1v) is 8.77. The van der Waals surface area contributed by atoms with E-state index in [1.165, 1.54) is 31.1 Å². The number of nitrogens with one attached hydrogen (secondary N) is 1. The molecule has 1 aromatic carbocycles. The molecule has 4 heteroatoms. The summed E-state index contributed by atoms with van der Waals surface area (Å²) in [6, 6.07) is 5.74.